The van der Waals surface area contributed by atoms with Crippen molar-refractivity contribution in [2.24, 2.45) is 0 Å². The lowest BCUT2D eigenvalue weighted by molar-refractivity contribution is -0.135. The van der Waals surface area contributed by atoms with E-state index in [-0.39, 0.29) is 29.6 Å². The number of ether oxygens (including phenoxy) is 1. The summed E-state index contributed by atoms with van der Waals surface area (Å²) in [6.45, 7) is 2.47. The van der Waals surface area contributed by atoms with Crippen LogP contribution in [-0.4, -0.2) is 51.9 Å². The highest BCUT2D eigenvalue weighted by Crippen LogP contribution is 2.30. The Balaban J connectivity index is 1.83. The Morgan fingerprint density at radius 3 is 2.52 bits per heavy atom. The molecule has 1 aliphatic heterocycles. The minimum Gasteiger partial charge on any atom is -0.495 e. The first-order chi connectivity index (χ1) is 15.9. The van der Waals surface area contributed by atoms with Crippen LogP contribution in [0.15, 0.2) is 53.4 Å². The zero-order chi connectivity index (χ0) is 23.8. The number of carbonyl (C=O) groups excluding carboxylic acids is 2. The predicted octanol–water partition coefficient (Wildman–Crippen LogP) is 3.64. The summed E-state index contributed by atoms with van der Waals surface area (Å²) in [6.07, 6.45) is 4.20. The van der Waals surface area contributed by atoms with Gasteiger partial charge in [-0.05, 0) is 50.1 Å². The Labute approximate surface area is 195 Å². The fourth-order valence-corrected chi connectivity index (χ4v) is 5.40. The van der Waals surface area contributed by atoms with Crippen LogP contribution in [0.4, 0.5) is 11.4 Å². The van der Waals surface area contributed by atoms with Crippen molar-refractivity contribution in [1.29, 1.82) is 0 Å². The molecule has 2 aromatic rings. The number of rotatable bonds is 8. The van der Waals surface area contributed by atoms with E-state index in [0.717, 1.165) is 25.7 Å². The second-order valence-electron chi connectivity index (χ2n) is 7.90. The average molecular weight is 474 g/mol. The molecule has 0 aliphatic carbocycles. The van der Waals surface area contributed by atoms with Crippen molar-refractivity contribution < 1.29 is 22.7 Å². The lowest BCUT2D eigenvalue weighted by atomic mass is 10.1. The molecule has 1 heterocycles. The third kappa shape index (κ3) is 6.04. The van der Waals surface area contributed by atoms with E-state index in [2.05, 4.69) is 5.32 Å². The quantitative estimate of drug-likeness (QED) is 0.631. The van der Waals surface area contributed by atoms with Crippen LogP contribution in [0.3, 0.4) is 0 Å². The number of anilines is 2. The van der Waals surface area contributed by atoms with Crippen LogP contribution in [0, 0.1) is 0 Å². The van der Waals surface area contributed by atoms with E-state index in [4.69, 9.17) is 4.74 Å². The second kappa shape index (κ2) is 11.2. The summed E-state index contributed by atoms with van der Waals surface area (Å²) in [5, 5.41) is 2.73. The van der Waals surface area contributed by atoms with Crippen molar-refractivity contribution in [2.75, 3.05) is 36.4 Å². The fraction of sp³-hybridized carbons (Fsp3) is 0.417. The van der Waals surface area contributed by atoms with Gasteiger partial charge in [0.1, 0.15) is 5.75 Å². The van der Waals surface area contributed by atoms with E-state index < -0.39 is 15.9 Å². The molecule has 0 aromatic heterocycles. The maximum absolute atomic E-state index is 13.4. The minimum atomic E-state index is -3.87. The van der Waals surface area contributed by atoms with E-state index in [0.29, 0.717) is 24.4 Å². The van der Waals surface area contributed by atoms with Crippen LogP contribution in [-0.2, 0) is 19.6 Å². The summed E-state index contributed by atoms with van der Waals surface area (Å²) in [7, 11) is -2.42. The number of methoxy groups -OCH3 is 1. The molecule has 0 radical (unpaired) electrons. The van der Waals surface area contributed by atoms with Gasteiger partial charge in [0.25, 0.3) is 10.0 Å². The van der Waals surface area contributed by atoms with Crippen molar-refractivity contribution in [3.05, 3.63) is 48.5 Å². The highest BCUT2D eigenvalue weighted by molar-refractivity contribution is 7.92. The van der Waals surface area contributed by atoms with Crippen LogP contribution in [0.2, 0.25) is 0 Å². The summed E-state index contributed by atoms with van der Waals surface area (Å²) in [4.78, 5) is 26.7. The summed E-state index contributed by atoms with van der Waals surface area (Å²) in [5.41, 5.74) is 0.796. The fourth-order valence-electron chi connectivity index (χ4n) is 3.90. The molecule has 0 atom stereocenters. The molecule has 2 amide bonds. The number of carbonyl (C=O) groups is 2. The maximum Gasteiger partial charge on any atom is 0.264 e. The van der Waals surface area contributed by atoms with E-state index >= 15 is 0 Å². The summed E-state index contributed by atoms with van der Waals surface area (Å²) in [6, 6.07) is 13.2. The first kappa shape index (κ1) is 24.6. The molecule has 1 fully saturated rings. The van der Waals surface area contributed by atoms with Gasteiger partial charge in [-0.25, -0.2) is 8.42 Å². The molecule has 9 heteroatoms. The topological polar surface area (TPSA) is 96.0 Å². The number of benzene rings is 2. The summed E-state index contributed by atoms with van der Waals surface area (Å²) >= 11 is 0. The third-order valence-electron chi connectivity index (χ3n) is 5.62. The SMILES string of the molecule is CCN(c1ccccc1)S(=O)(=O)c1ccc(OC)c(NC(=O)CN2CCCCCCC2=O)c1. The van der Waals surface area contributed by atoms with Crippen molar-refractivity contribution >= 4 is 33.2 Å². The molecule has 2 aromatic carbocycles. The van der Waals surface area contributed by atoms with Crippen LogP contribution in [0.5, 0.6) is 5.75 Å². The molecular formula is C24H31N3O5S. The molecular weight excluding hydrogens is 442 g/mol. The van der Waals surface area contributed by atoms with Gasteiger partial charge in [0.05, 0.1) is 29.9 Å². The van der Waals surface area contributed by atoms with E-state index in [1.807, 2.05) is 6.07 Å². The highest BCUT2D eigenvalue weighted by Gasteiger charge is 2.25. The van der Waals surface area contributed by atoms with Crippen LogP contribution < -0.4 is 14.4 Å². The zero-order valence-electron chi connectivity index (χ0n) is 19.1. The Morgan fingerprint density at radius 1 is 1.09 bits per heavy atom. The normalized spacial score (nSPS) is 14.8. The van der Waals surface area contributed by atoms with Crippen molar-refractivity contribution in [3.8, 4) is 5.75 Å². The van der Waals surface area contributed by atoms with Gasteiger partial charge in [0.15, 0.2) is 0 Å². The third-order valence-corrected chi connectivity index (χ3v) is 7.52. The Kier molecular flexibility index (Phi) is 8.32. The zero-order valence-corrected chi connectivity index (χ0v) is 19.9. The van der Waals surface area contributed by atoms with Crippen molar-refractivity contribution in [2.45, 2.75) is 43.9 Å². The smallest absolute Gasteiger partial charge is 0.264 e. The molecule has 1 N–H and O–H groups in total. The standard InChI is InChI=1S/C24H31N3O5S/c1-3-27(19-11-7-6-8-12-19)33(30,31)20-14-15-22(32-2)21(17-20)25-23(28)18-26-16-10-5-4-9-13-24(26)29/h6-8,11-12,14-15,17H,3-5,9-10,13,16,18H2,1-2H3,(H,25,28). The van der Waals surface area contributed by atoms with Gasteiger partial charge >= 0.3 is 0 Å². The largest absolute Gasteiger partial charge is 0.495 e. The minimum absolute atomic E-state index is 0.0328. The molecule has 0 unspecified atom stereocenters. The molecule has 0 saturated carbocycles. The maximum atomic E-state index is 13.4. The highest BCUT2D eigenvalue weighted by atomic mass is 32.2. The molecule has 1 aliphatic rings. The van der Waals surface area contributed by atoms with Gasteiger partial charge in [0.2, 0.25) is 11.8 Å². The van der Waals surface area contributed by atoms with Crippen LogP contribution >= 0.6 is 0 Å². The van der Waals surface area contributed by atoms with Gasteiger partial charge in [-0.15, -0.1) is 0 Å². The molecule has 0 spiro atoms. The summed E-state index contributed by atoms with van der Waals surface area (Å²) < 4.78 is 33.3. The van der Waals surface area contributed by atoms with E-state index in [9.17, 15) is 18.0 Å². The average Bonchev–Trinajstić information content (AvgIpc) is 2.80. The van der Waals surface area contributed by atoms with E-state index in [1.54, 1.807) is 36.1 Å². The lowest BCUT2D eigenvalue weighted by Crippen LogP contribution is -2.39. The van der Waals surface area contributed by atoms with E-state index in [1.165, 1.54) is 29.6 Å². The monoisotopic (exact) mass is 473 g/mol. The first-order valence-electron chi connectivity index (χ1n) is 11.2. The van der Waals surface area contributed by atoms with Gasteiger partial charge in [-0.2, -0.15) is 0 Å². The predicted molar refractivity (Wildman–Crippen MR) is 128 cm³/mol. The Hall–Kier alpha value is -3.07. The number of hydrogen-bond donors (Lipinski definition) is 1. The van der Waals surface area contributed by atoms with Gasteiger partial charge in [0, 0.05) is 19.5 Å². The number of sulfonamides is 1. The first-order valence-corrected chi connectivity index (χ1v) is 12.6. The molecule has 3 rings (SSSR count). The molecule has 178 valence electrons. The molecule has 1 saturated heterocycles. The Bertz CT molecular complexity index is 1070. The lowest BCUT2D eigenvalue weighted by Gasteiger charge is -2.25. The summed E-state index contributed by atoms with van der Waals surface area (Å²) in [5.74, 6) is -0.0918. The van der Waals surface area contributed by atoms with Crippen molar-refractivity contribution in [3.63, 3.8) is 0 Å². The second-order valence-corrected chi connectivity index (χ2v) is 9.76. The number of likely N-dealkylation sites (tertiary alicyclic amines) is 1. The van der Waals surface area contributed by atoms with Crippen LogP contribution in [0.1, 0.15) is 39.0 Å². The van der Waals surface area contributed by atoms with Crippen LogP contribution in [0.25, 0.3) is 0 Å². The number of nitrogens with one attached hydrogen (secondary N) is 1. The van der Waals surface area contributed by atoms with Crippen molar-refractivity contribution in [1.82, 2.24) is 4.90 Å². The number of nitrogens with zero attached hydrogens (tertiary/aromatic N) is 2. The molecule has 8 nitrogen and oxygen atoms in total. The number of para-hydroxylation sites is 1. The number of amides is 2. The number of hydrogen-bond acceptors (Lipinski definition) is 5. The Morgan fingerprint density at radius 2 is 1.82 bits per heavy atom. The van der Waals surface area contributed by atoms with Gasteiger partial charge in [-0.3, -0.25) is 13.9 Å². The molecule has 0 bridgehead atoms. The van der Waals surface area contributed by atoms with Gasteiger partial charge < -0.3 is 15.0 Å². The van der Waals surface area contributed by atoms with Gasteiger partial charge in [-0.1, -0.05) is 31.0 Å². The molecule has 33 heavy (non-hydrogen) atoms.